The zero-order valence-corrected chi connectivity index (χ0v) is 15.8. The maximum atomic E-state index is 4.33. The summed E-state index contributed by atoms with van der Waals surface area (Å²) in [5, 5.41) is 12.0. The molecule has 27 heavy (non-hydrogen) atoms. The Morgan fingerprint density at radius 1 is 0.889 bits per heavy atom. The lowest BCUT2D eigenvalue weighted by atomic mass is 9.99. The van der Waals surface area contributed by atoms with Gasteiger partial charge in [0.1, 0.15) is 0 Å². The molecule has 4 heteroatoms. The highest BCUT2D eigenvalue weighted by Gasteiger charge is 2.15. The van der Waals surface area contributed by atoms with E-state index >= 15 is 0 Å². The van der Waals surface area contributed by atoms with Gasteiger partial charge < -0.3 is 5.32 Å². The van der Waals surface area contributed by atoms with Crippen molar-refractivity contribution >= 4 is 11.5 Å². The van der Waals surface area contributed by atoms with Crippen molar-refractivity contribution in [3.63, 3.8) is 0 Å². The molecule has 0 saturated carbocycles. The monoisotopic (exact) mass is 358 g/mol. The van der Waals surface area contributed by atoms with Gasteiger partial charge in [0.25, 0.3) is 0 Å². The molecular weight excluding hydrogens is 332 g/mol. The minimum Gasteiger partial charge on any atom is -0.339 e. The predicted molar refractivity (Wildman–Crippen MR) is 111 cm³/mol. The average Bonchev–Trinajstić information content (AvgIpc) is 2.72. The number of rotatable bonds is 5. The van der Waals surface area contributed by atoms with E-state index in [1.54, 1.807) is 0 Å². The molecule has 1 aliphatic rings. The van der Waals surface area contributed by atoms with Gasteiger partial charge in [-0.15, -0.1) is 10.2 Å². The number of piperidine rings is 1. The lowest BCUT2D eigenvalue weighted by molar-refractivity contribution is 0.185. The Kier molecular flexibility index (Phi) is 5.45. The van der Waals surface area contributed by atoms with E-state index in [0.717, 1.165) is 35.2 Å². The van der Waals surface area contributed by atoms with Gasteiger partial charge >= 0.3 is 0 Å². The Bertz CT molecular complexity index is 836. The molecule has 0 spiro atoms. The maximum Gasteiger partial charge on any atom is 0.153 e. The van der Waals surface area contributed by atoms with Crippen LogP contribution in [0, 0.1) is 5.92 Å². The van der Waals surface area contributed by atoms with Crippen LogP contribution in [0.25, 0.3) is 11.3 Å². The van der Waals surface area contributed by atoms with Crippen LogP contribution in [0.5, 0.6) is 0 Å². The highest BCUT2D eigenvalue weighted by atomic mass is 15.2. The van der Waals surface area contributed by atoms with Crippen LogP contribution in [0.1, 0.15) is 25.3 Å². The smallest absolute Gasteiger partial charge is 0.153 e. The van der Waals surface area contributed by atoms with Gasteiger partial charge in [0.2, 0.25) is 0 Å². The van der Waals surface area contributed by atoms with Gasteiger partial charge in [0, 0.05) is 17.8 Å². The van der Waals surface area contributed by atoms with Gasteiger partial charge in [-0.1, -0.05) is 49.4 Å². The molecule has 138 valence electrons. The van der Waals surface area contributed by atoms with Crippen LogP contribution in [0.15, 0.2) is 66.7 Å². The first kappa shape index (κ1) is 17.7. The third-order valence-electron chi connectivity index (χ3n) is 5.24. The van der Waals surface area contributed by atoms with Gasteiger partial charge in [-0.2, -0.15) is 0 Å². The molecule has 1 saturated heterocycles. The van der Waals surface area contributed by atoms with Crippen molar-refractivity contribution in [2.24, 2.45) is 5.92 Å². The van der Waals surface area contributed by atoms with Gasteiger partial charge in [0.15, 0.2) is 5.82 Å². The Morgan fingerprint density at radius 3 is 2.30 bits per heavy atom. The van der Waals surface area contributed by atoms with Crippen LogP contribution in [0.3, 0.4) is 0 Å². The van der Waals surface area contributed by atoms with Crippen molar-refractivity contribution in [1.29, 1.82) is 0 Å². The fraction of sp³-hybridized carbons (Fsp3) is 0.304. The molecule has 0 atom stereocenters. The Labute approximate surface area is 161 Å². The van der Waals surface area contributed by atoms with E-state index in [9.17, 15) is 0 Å². The van der Waals surface area contributed by atoms with Gasteiger partial charge in [-0.3, -0.25) is 4.90 Å². The molecule has 4 rings (SSSR count). The number of hydrogen-bond acceptors (Lipinski definition) is 4. The quantitative estimate of drug-likeness (QED) is 0.687. The first-order valence-corrected chi connectivity index (χ1v) is 9.74. The number of likely N-dealkylation sites (tertiary alicyclic amines) is 1. The summed E-state index contributed by atoms with van der Waals surface area (Å²) in [4.78, 5) is 2.55. The summed E-state index contributed by atoms with van der Waals surface area (Å²) in [5.74, 6) is 1.63. The van der Waals surface area contributed by atoms with E-state index in [2.05, 4.69) is 51.6 Å². The molecule has 3 aromatic rings. The topological polar surface area (TPSA) is 41.0 Å². The second kappa shape index (κ2) is 8.31. The van der Waals surface area contributed by atoms with E-state index < -0.39 is 0 Å². The Balaban J connectivity index is 1.35. The van der Waals surface area contributed by atoms with Crippen LogP contribution >= 0.6 is 0 Å². The first-order chi connectivity index (χ1) is 13.3. The van der Waals surface area contributed by atoms with Crippen LogP contribution in [-0.2, 0) is 6.54 Å². The number of nitrogens with zero attached hydrogens (tertiary/aromatic N) is 3. The highest BCUT2D eigenvalue weighted by molar-refractivity contribution is 5.61. The third-order valence-corrected chi connectivity index (χ3v) is 5.24. The zero-order valence-electron chi connectivity index (χ0n) is 15.8. The second-order valence-corrected chi connectivity index (χ2v) is 7.45. The Hall–Kier alpha value is -2.72. The molecule has 1 N–H and O–H groups in total. The van der Waals surface area contributed by atoms with Crippen LogP contribution in [0.4, 0.5) is 11.5 Å². The van der Waals surface area contributed by atoms with E-state index in [-0.39, 0.29) is 0 Å². The molecule has 1 fully saturated rings. The van der Waals surface area contributed by atoms with Crippen molar-refractivity contribution < 1.29 is 0 Å². The zero-order chi connectivity index (χ0) is 18.5. The highest BCUT2D eigenvalue weighted by Crippen LogP contribution is 2.21. The van der Waals surface area contributed by atoms with Crippen molar-refractivity contribution in [1.82, 2.24) is 15.1 Å². The van der Waals surface area contributed by atoms with E-state index in [0.29, 0.717) is 0 Å². The molecule has 0 bridgehead atoms. The van der Waals surface area contributed by atoms with Crippen molar-refractivity contribution in [3.05, 3.63) is 72.3 Å². The standard InChI is InChI=1S/C23H26N4/c1-18-13-15-27(16-14-18)17-19-7-9-21(10-8-19)24-23-12-11-22(25-26-23)20-5-3-2-4-6-20/h2-12,18H,13-17H2,1H3,(H,24,26). The molecule has 2 heterocycles. The number of nitrogens with one attached hydrogen (secondary N) is 1. The molecule has 0 aliphatic carbocycles. The molecule has 0 radical (unpaired) electrons. The number of benzene rings is 2. The Morgan fingerprint density at radius 2 is 1.63 bits per heavy atom. The number of anilines is 2. The van der Waals surface area contributed by atoms with Crippen LogP contribution < -0.4 is 5.32 Å². The third kappa shape index (κ3) is 4.72. The molecule has 0 amide bonds. The fourth-order valence-electron chi connectivity index (χ4n) is 3.48. The molecular formula is C23H26N4. The summed E-state index contributed by atoms with van der Waals surface area (Å²) in [6.45, 7) is 5.82. The maximum absolute atomic E-state index is 4.33. The number of aromatic nitrogens is 2. The second-order valence-electron chi connectivity index (χ2n) is 7.45. The lowest BCUT2D eigenvalue weighted by Crippen LogP contribution is -2.32. The SMILES string of the molecule is CC1CCN(Cc2ccc(Nc3ccc(-c4ccccc4)nn3)cc2)CC1. The average molecular weight is 358 g/mol. The summed E-state index contributed by atoms with van der Waals surface area (Å²) in [6, 6.07) is 22.7. The van der Waals surface area contributed by atoms with Crippen LogP contribution in [-0.4, -0.2) is 28.2 Å². The predicted octanol–water partition coefficient (Wildman–Crippen LogP) is 5.12. The molecule has 0 unspecified atom stereocenters. The normalized spacial score (nSPS) is 15.6. The molecule has 1 aromatic heterocycles. The van der Waals surface area contributed by atoms with Crippen molar-refractivity contribution in [2.75, 3.05) is 18.4 Å². The van der Waals surface area contributed by atoms with E-state index in [1.807, 2.05) is 42.5 Å². The fourth-order valence-corrected chi connectivity index (χ4v) is 3.48. The van der Waals surface area contributed by atoms with Crippen molar-refractivity contribution in [3.8, 4) is 11.3 Å². The van der Waals surface area contributed by atoms with Gasteiger partial charge in [-0.05, 0) is 61.7 Å². The van der Waals surface area contributed by atoms with Gasteiger partial charge in [0.05, 0.1) is 5.69 Å². The first-order valence-electron chi connectivity index (χ1n) is 9.74. The van der Waals surface area contributed by atoms with E-state index in [1.165, 1.54) is 31.5 Å². The van der Waals surface area contributed by atoms with Gasteiger partial charge in [-0.25, -0.2) is 0 Å². The van der Waals surface area contributed by atoms with Crippen molar-refractivity contribution in [2.45, 2.75) is 26.3 Å². The van der Waals surface area contributed by atoms with Crippen LogP contribution in [0.2, 0.25) is 0 Å². The minimum atomic E-state index is 0.757. The summed E-state index contributed by atoms with van der Waals surface area (Å²) >= 11 is 0. The molecule has 4 nitrogen and oxygen atoms in total. The molecule has 1 aliphatic heterocycles. The van der Waals surface area contributed by atoms with E-state index in [4.69, 9.17) is 0 Å². The largest absolute Gasteiger partial charge is 0.339 e. The summed E-state index contributed by atoms with van der Waals surface area (Å²) in [7, 11) is 0. The summed E-state index contributed by atoms with van der Waals surface area (Å²) < 4.78 is 0. The lowest BCUT2D eigenvalue weighted by Gasteiger charge is -2.30. The summed E-state index contributed by atoms with van der Waals surface area (Å²) in [6.07, 6.45) is 2.63. The number of hydrogen-bond donors (Lipinski definition) is 1. The minimum absolute atomic E-state index is 0.757. The summed E-state index contributed by atoms with van der Waals surface area (Å²) in [5.41, 5.74) is 4.36. The molecule has 2 aromatic carbocycles.